The lowest BCUT2D eigenvalue weighted by Crippen LogP contribution is -1.92. The summed E-state index contributed by atoms with van der Waals surface area (Å²) in [6, 6.07) is 12.7. The predicted octanol–water partition coefficient (Wildman–Crippen LogP) is 3.53. The maximum atomic E-state index is 11.0. The summed E-state index contributed by atoms with van der Waals surface area (Å²) in [7, 11) is 0. The molecule has 3 aromatic rings. The molecule has 0 atom stereocenters. The standard InChI is InChI=1S/C14H10N4O2S/c19-18(20)12-7-4-8-15-13(12)21-14-16-9-11(17-14)10-5-2-1-3-6-10/h1-9H,(H,16,17). The summed E-state index contributed by atoms with van der Waals surface area (Å²) in [5.74, 6) is 0. The van der Waals surface area contributed by atoms with Gasteiger partial charge in [-0.3, -0.25) is 10.1 Å². The molecule has 0 saturated carbocycles. The van der Waals surface area contributed by atoms with Crippen molar-refractivity contribution in [3.63, 3.8) is 0 Å². The molecular weight excluding hydrogens is 288 g/mol. The van der Waals surface area contributed by atoms with Crippen LogP contribution in [0, 0.1) is 10.1 Å². The molecule has 6 nitrogen and oxygen atoms in total. The van der Waals surface area contributed by atoms with E-state index < -0.39 is 4.92 Å². The highest BCUT2D eigenvalue weighted by Gasteiger charge is 2.16. The third-order valence-electron chi connectivity index (χ3n) is 2.78. The van der Waals surface area contributed by atoms with E-state index in [4.69, 9.17) is 0 Å². The van der Waals surface area contributed by atoms with Crippen LogP contribution in [0.5, 0.6) is 0 Å². The quantitative estimate of drug-likeness (QED) is 0.588. The Bertz CT molecular complexity index is 773. The molecule has 0 unspecified atom stereocenters. The molecule has 1 N–H and O–H groups in total. The van der Waals surface area contributed by atoms with Crippen molar-refractivity contribution in [2.75, 3.05) is 0 Å². The molecule has 0 aliphatic carbocycles. The summed E-state index contributed by atoms with van der Waals surface area (Å²) in [6.45, 7) is 0. The van der Waals surface area contributed by atoms with Crippen LogP contribution in [0.25, 0.3) is 11.3 Å². The van der Waals surface area contributed by atoms with Crippen molar-refractivity contribution in [2.45, 2.75) is 10.2 Å². The van der Waals surface area contributed by atoms with E-state index >= 15 is 0 Å². The van der Waals surface area contributed by atoms with Crippen molar-refractivity contribution >= 4 is 17.4 Å². The molecule has 0 bridgehead atoms. The first-order chi connectivity index (χ1) is 10.2. The zero-order chi connectivity index (χ0) is 14.7. The van der Waals surface area contributed by atoms with Gasteiger partial charge in [0.2, 0.25) is 0 Å². The lowest BCUT2D eigenvalue weighted by Gasteiger charge is -1.99. The molecule has 0 radical (unpaired) electrons. The maximum Gasteiger partial charge on any atom is 0.301 e. The molecule has 0 aliphatic heterocycles. The van der Waals surface area contributed by atoms with Gasteiger partial charge in [-0.1, -0.05) is 30.3 Å². The molecule has 2 aromatic heterocycles. The molecule has 21 heavy (non-hydrogen) atoms. The Morgan fingerprint density at radius 2 is 1.90 bits per heavy atom. The van der Waals surface area contributed by atoms with E-state index in [2.05, 4.69) is 15.0 Å². The van der Waals surface area contributed by atoms with Gasteiger partial charge in [0.05, 0.1) is 16.8 Å². The largest absolute Gasteiger partial charge is 0.333 e. The number of nitro groups is 1. The monoisotopic (exact) mass is 298 g/mol. The number of imidazole rings is 1. The Hall–Kier alpha value is -2.67. The molecule has 0 fully saturated rings. The lowest BCUT2D eigenvalue weighted by atomic mass is 10.2. The van der Waals surface area contributed by atoms with Crippen LogP contribution in [0.1, 0.15) is 0 Å². The number of rotatable bonds is 4. The average Bonchev–Trinajstić information content (AvgIpc) is 2.97. The molecule has 0 aliphatic rings. The summed E-state index contributed by atoms with van der Waals surface area (Å²) in [5.41, 5.74) is 1.84. The molecule has 0 amide bonds. The highest BCUT2D eigenvalue weighted by Crippen LogP contribution is 2.31. The predicted molar refractivity (Wildman–Crippen MR) is 79.0 cm³/mol. The van der Waals surface area contributed by atoms with Crippen LogP contribution in [0.4, 0.5) is 5.69 Å². The number of aromatic amines is 1. The first-order valence-electron chi connectivity index (χ1n) is 6.12. The van der Waals surface area contributed by atoms with Gasteiger partial charge in [0, 0.05) is 12.3 Å². The first-order valence-corrected chi connectivity index (χ1v) is 6.93. The van der Waals surface area contributed by atoms with E-state index in [1.807, 2.05) is 30.3 Å². The molecule has 2 heterocycles. The van der Waals surface area contributed by atoms with Crippen LogP contribution < -0.4 is 0 Å². The fraction of sp³-hybridized carbons (Fsp3) is 0. The van der Waals surface area contributed by atoms with Crippen molar-refractivity contribution in [3.05, 3.63) is 65.0 Å². The van der Waals surface area contributed by atoms with Gasteiger partial charge in [-0.15, -0.1) is 0 Å². The van der Waals surface area contributed by atoms with Gasteiger partial charge < -0.3 is 4.98 Å². The summed E-state index contributed by atoms with van der Waals surface area (Å²) in [6.07, 6.45) is 3.23. The van der Waals surface area contributed by atoms with Gasteiger partial charge in [0.15, 0.2) is 10.2 Å². The van der Waals surface area contributed by atoms with Gasteiger partial charge in [-0.25, -0.2) is 9.97 Å². The number of hydrogen-bond donors (Lipinski definition) is 1. The normalized spacial score (nSPS) is 10.5. The number of nitrogens with one attached hydrogen (secondary N) is 1. The average molecular weight is 298 g/mol. The highest BCUT2D eigenvalue weighted by molar-refractivity contribution is 7.99. The van der Waals surface area contributed by atoms with Crippen molar-refractivity contribution in [3.8, 4) is 11.3 Å². The van der Waals surface area contributed by atoms with Gasteiger partial charge in [-0.2, -0.15) is 0 Å². The van der Waals surface area contributed by atoms with Crippen molar-refractivity contribution in [1.82, 2.24) is 15.0 Å². The fourth-order valence-corrected chi connectivity index (χ4v) is 2.62. The van der Waals surface area contributed by atoms with Crippen LogP contribution in [0.15, 0.2) is 65.0 Å². The molecule has 0 saturated heterocycles. The molecule has 104 valence electrons. The van der Waals surface area contributed by atoms with Crippen molar-refractivity contribution in [2.24, 2.45) is 0 Å². The minimum atomic E-state index is -0.448. The van der Waals surface area contributed by atoms with Crippen LogP contribution in [0.3, 0.4) is 0 Å². The zero-order valence-corrected chi connectivity index (χ0v) is 11.6. The number of aromatic nitrogens is 3. The van der Waals surface area contributed by atoms with Crippen molar-refractivity contribution in [1.29, 1.82) is 0 Å². The third kappa shape index (κ3) is 2.92. The smallest absolute Gasteiger partial charge is 0.301 e. The Balaban J connectivity index is 1.87. The maximum absolute atomic E-state index is 11.0. The molecule has 1 aromatic carbocycles. The molecule has 3 rings (SSSR count). The van der Waals surface area contributed by atoms with Gasteiger partial charge >= 0.3 is 5.69 Å². The van der Waals surface area contributed by atoms with Crippen molar-refractivity contribution < 1.29 is 4.92 Å². The fourth-order valence-electron chi connectivity index (χ4n) is 1.81. The molecular formula is C14H10N4O2S. The summed E-state index contributed by atoms with van der Waals surface area (Å²) in [4.78, 5) is 21.9. The zero-order valence-electron chi connectivity index (χ0n) is 10.8. The van der Waals surface area contributed by atoms with Gasteiger partial charge in [0.25, 0.3) is 0 Å². The van der Waals surface area contributed by atoms with E-state index in [0.29, 0.717) is 10.2 Å². The Morgan fingerprint density at radius 1 is 1.10 bits per heavy atom. The minimum absolute atomic E-state index is 0.0276. The van der Waals surface area contributed by atoms with E-state index in [9.17, 15) is 10.1 Å². The highest BCUT2D eigenvalue weighted by atomic mass is 32.2. The second-order valence-corrected chi connectivity index (χ2v) is 5.13. The topological polar surface area (TPSA) is 84.7 Å². The Morgan fingerprint density at radius 3 is 2.67 bits per heavy atom. The minimum Gasteiger partial charge on any atom is -0.333 e. The van der Waals surface area contributed by atoms with E-state index in [1.54, 1.807) is 12.3 Å². The molecule has 0 spiro atoms. The number of nitrogens with zero attached hydrogens (tertiary/aromatic N) is 3. The third-order valence-corrected chi connectivity index (χ3v) is 3.69. The summed E-state index contributed by atoms with van der Waals surface area (Å²) in [5, 5.41) is 11.8. The van der Waals surface area contributed by atoms with E-state index in [1.165, 1.54) is 12.3 Å². The number of hydrogen-bond acceptors (Lipinski definition) is 5. The number of H-pyrrole nitrogens is 1. The second-order valence-electron chi connectivity index (χ2n) is 4.15. The lowest BCUT2D eigenvalue weighted by molar-refractivity contribution is -0.388. The summed E-state index contributed by atoms with van der Waals surface area (Å²) >= 11 is 1.14. The van der Waals surface area contributed by atoms with E-state index in [0.717, 1.165) is 23.0 Å². The Kier molecular flexibility index (Phi) is 3.65. The van der Waals surface area contributed by atoms with Gasteiger partial charge in [-0.05, 0) is 23.4 Å². The second kappa shape index (κ2) is 5.76. The number of pyridine rings is 1. The summed E-state index contributed by atoms with van der Waals surface area (Å²) < 4.78 is 0. The van der Waals surface area contributed by atoms with Crippen LogP contribution in [-0.2, 0) is 0 Å². The first kappa shape index (κ1) is 13.3. The Labute approximate surface area is 124 Å². The number of benzene rings is 1. The van der Waals surface area contributed by atoms with Crippen LogP contribution in [0.2, 0.25) is 0 Å². The molecule has 7 heteroatoms. The van der Waals surface area contributed by atoms with E-state index in [-0.39, 0.29) is 5.69 Å². The van der Waals surface area contributed by atoms with Gasteiger partial charge in [0.1, 0.15) is 0 Å². The van der Waals surface area contributed by atoms with Crippen LogP contribution in [-0.4, -0.2) is 19.9 Å². The van der Waals surface area contributed by atoms with Crippen LogP contribution >= 0.6 is 11.8 Å². The SMILES string of the molecule is O=[N+]([O-])c1cccnc1Sc1ncc(-c2ccccc2)[nH]1.